The Balaban J connectivity index is 1.61. The number of aromatic nitrogens is 2. The number of hydrogen-bond acceptors (Lipinski definition) is 4. The van der Waals surface area contributed by atoms with Crippen LogP contribution in [0, 0.1) is 13.8 Å². The number of nitrogens with zero attached hydrogens (tertiary/aromatic N) is 3. The van der Waals surface area contributed by atoms with Crippen molar-refractivity contribution in [2.24, 2.45) is 0 Å². The van der Waals surface area contributed by atoms with Crippen molar-refractivity contribution in [3.8, 4) is 5.69 Å². The first-order valence-corrected chi connectivity index (χ1v) is 10.8. The molecule has 0 aliphatic carbocycles. The number of anilines is 1. The van der Waals surface area contributed by atoms with E-state index in [2.05, 4.69) is 10.4 Å². The van der Waals surface area contributed by atoms with Crippen LogP contribution in [0.5, 0.6) is 0 Å². The quantitative estimate of drug-likeness (QED) is 0.466. The minimum Gasteiger partial charge on any atom is -0.339 e. The van der Waals surface area contributed by atoms with Crippen molar-refractivity contribution in [3.05, 3.63) is 76.1 Å². The van der Waals surface area contributed by atoms with E-state index >= 15 is 0 Å². The van der Waals surface area contributed by atoms with Crippen molar-refractivity contribution in [1.82, 2.24) is 14.7 Å². The largest absolute Gasteiger partial charge is 0.339 e. The van der Waals surface area contributed by atoms with E-state index in [-0.39, 0.29) is 22.7 Å². The second-order valence-corrected chi connectivity index (χ2v) is 8.20. The van der Waals surface area contributed by atoms with E-state index in [1.54, 1.807) is 35.6 Å². The van der Waals surface area contributed by atoms with Crippen LogP contribution in [0.15, 0.2) is 48.5 Å². The predicted molar refractivity (Wildman–Crippen MR) is 123 cm³/mol. The van der Waals surface area contributed by atoms with Gasteiger partial charge < -0.3 is 10.2 Å². The summed E-state index contributed by atoms with van der Waals surface area (Å²) in [6.07, 6.45) is 1.88. The van der Waals surface area contributed by atoms with Gasteiger partial charge in [-0.1, -0.05) is 29.8 Å². The number of benzene rings is 2. The van der Waals surface area contributed by atoms with Gasteiger partial charge in [0, 0.05) is 18.1 Å². The Morgan fingerprint density at radius 3 is 2.38 bits per heavy atom. The molecule has 1 fully saturated rings. The van der Waals surface area contributed by atoms with Crippen molar-refractivity contribution in [2.75, 3.05) is 18.4 Å². The summed E-state index contributed by atoms with van der Waals surface area (Å²) in [6, 6.07) is 14.0. The molecule has 1 aromatic heterocycles. The zero-order valence-corrected chi connectivity index (χ0v) is 18.6. The molecule has 0 atom stereocenters. The van der Waals surface area contributed by atoms with Gasteiger partial charge in [0.2, 0.25) is 0 Å². The van der Waals surface area contributed by atoms with Crippen molar-refractivity contribution in [2.45, 2.75) is 26.7 Å². The zero-order valence-electron chi connectivity index (χ0n) is 17.9. The molecule has 0 bridgehead atoms. The number of halogens is 1. The Morgan fingerprint density at radius 1 is 1.00 bits per heavy atom. The topological polar surface area (TPSA) is 84.3 Å². The van der Waals surface area contributed by atoms with E-state index < -0.39 is 11.7 Å². The van der Waals surface area contributed by atoms with Crippen LogP contribution in [0.4, 0.5) is 5.69 Å². The summed E-state index contributed by atoms with van der Waals surface area (Å²) in [5.41, 5.74) is 2.59. The lowest BCUT2D eigenvalue weighted by Crippen LogP contribution is -2.30. The average Bonchev–Trinajstić information content (AvgIpc) is 3.43. The van der Waals surface area contributed by atoms with Crippen molar-refractivity contribution in [1.29, 1.82) is 0 Å². The maximum Gasteiger partial charge on any atom is 0.296 e. The molecule has 0 saturated carbocycles. The maximum atomic E-state index is 13.1. The Bertz CT molecular complexity index is 1200. The minimum atomic E-state index is -0.832. The van der Waals surface area contributed by atoms with Crippen LogP contribution in [0.1, 0.15) is 44.9 Å². The molecule has 1 aliphatic heterocycles. The van der Waals surface area contributed by atoms with Crippen molar-refractivity contribution < 1.29 is 14.4 Å². The minimum absolute atomic E-state index is 0.211. The average molecular weight is 451 g/mol. The van der Waals surface area contributed by atoms with Crippen LogP contribution in [-0.2, 0) is 4.79 Å². The van der Waals surface area contributed by atoms with E-state index in [0.717, 1.165) is 18.5 Å². The highest BCUT2D eigenvalue weighted by Crippen LogP contribution is 2.25. The molecule has 3 aromatic rings. The molecule has 7 nitrogen and oxygen atoms in total. The van der Waals surface area contributed by atoms with Gasteiger partial charge in [-0.05, 0) is 57.0 Å². The molecule has 2 heterocycles. The number of ketones is 1. The highest BCUT2D eigenvalue weighted by Gasteiger charge is 2.27. The molecular formula is C24H23ClN4O3. The van der Waals surface area contributed by atoms with Gasteiger partial charge in [-0.2, -0.15) is 5.10 Å². The second-order valence-electron chi connectivity index (χ2n) is 7.77. The van der Waals surface area contributed by atoms with E-state index in [1.165, 1.54) is 6.07 Å². The number of likely N-dealkylation sites (tertiary alicyclic amines) is 1. The van der Waals surface area contributed by atoms with E-state index in [4.69, 9.17) is 11.6 Å². The molecule has 1 saturated heterocycles. The highest BCUT2D eigenvalue weighted by molar-refractivity contribution is 6.47. The molecule has 4 rings (SSSR count). The Kier molecular flexibility index (Phi) is 6.10. The molecule has 1 N–H and O–H groups in total. The first kappa shape index (κ1) is 21.8. The van der Waals surface area contributed by atoms with Gasteiger partial charge in [-0.3, -0.25) is 14.4 Å². The lowest BCUT2D eigenvalue weighted by molar-refractivity contribution is -0.112. The fourth-order valence-electron chi connectivity index (χ4n) is 3.98. The number of Topliss-reactive ketones (excluding diaryl/α,β-unsaturated/α-hetero) is 1. The summed E-state index contributed by atoms with van der Waals surface area (Å²) in [5, 5.41) is 7.43. The Morgan fingerprint density at radius 2 is 1.69 bits per heavy atom. The van der Waals surface area contributed by atoms with Crippen molar-refractivity contribution in [3.63, 3.8) is 0 Å². The summed E-state index contributed by atoms with van der Waals surface area (Å²) in [7, 11) is 0. The van der Waals surface area contributed by atoms with Crippen LogP contribution < -0.4 is 5.32 Å². The first-order chi connectivity index (χ1) is 15.4. The lowest BCUT2D eigenvalue weighted by Gasteiger charge is -2.18. The van der Waals surface area contributed by atoms with Crippen LogP contribution in [0.2, 0.25) is 5.02 Å². The number of rotatable bonds is 5. The first-order valence-electron chi connectivity index (χ1n) is 10.4. The smallest absolute Gasteiger partial charge is 0.296 e. The monoisotopic (exact) mass is 450 g/mol. The Labute approximate surface area is 191 Å². The molecule has 8 heteroatoms. The normalized spacial score (nSPS) is 13.3. The fraction of sp³-hybridized carbons (Fsp3) is 0.250. The molecular weight excluding hydrogens is 428 g/mol. The number of carbonyl (C=O) groups excluding carboxylic acids is 3. The molecule has 0 radical (unpaired) electrons. The lowest BCUT2D eigenvalue weighted by atomic mass is 10.1. The summed E-state index contributed by atoms with van der Waals surface area (Å²) < 4.78 is 1.64. The summed E-state index contributed by atoms with van der Waals surface area (Å²) in [6.45, 7) is 4.76. The molecule has 0 spiro atoms. The molecule has 1 aliphatic rings. The summed E-state index contributed by atoms with van der Waals surface area (Å²) in [5.74, 6) is -1.75. The second kappa shape index (κ2) is 8.96. The summed E-state index contributed by atoms with van der Waals surface area (Å²) in [4.78, 5) is 40.6. The van der Waals surface area contributed by atoms with Gasteiger partial charge in [-0.25, -0.2) is 4.68 Å². The van der Waals surface area contributed by atoms with Gasteiger partial charge in [0.15, 0.2) is 0 Å². The maximum absolute atomic E-state index is 13.1. The highest BCUT2D eigenvalue weighted by atomic mass is 35.5. The van der Waals surface area contributed by atoms with E-state index in [9.17, 15) is 14.4 Å². The van der Waals surface area contributed by atoms with Crippen molar-refractivity contribution >= 4 is 34.9 Å². The molecule has 0 unspecified atom stereocenters. The number of nitrogens with one attached hydrogen (secondary N) is 1. The SMILES string of the molecule is Cc1nn(-c2ccccc2)c(C)c1C(=O)C(=O)Nc1ccc(Cl)cc1C(=O)N1CCCC1. The molecule has 2 amide bonds. The van der Waals surface area contributed by atoms with E-state index in [0.29, 0.717) is 29.5 Å². The van der Waals surface area contributed by atoms with Crippen LogP contribution in [0.3, 0.4) is 0 Å². The van der Waals surface area contributed by atoms with Gasteiger partial charge in [0.1, 0.15) is 0 Å². The number of carbonyl (C=O) groups is 3. The third-order valence-corrected chi connectivity index (χ3v) is 5.81. The number of amides is 2. The van der Waals surface area contributed by atoms with E-state index in [1.807, 2.05) is 30.3 Å². The number of para-hydroxylation sites is 1. The predicted octanol–water partition coefficient (Wildman–Crippen LogP) is 4.20. The standard InChI is InChI=1S/C24H23ClN4O3/c1-15-21(16(2)29(27-15)18-8-4-3-5-9-18)22(30)23(31)26-20-11-10-17(25)14-19(20)24(32)28-12-6-7-13-28/h3-5,8-11,14H,6-7,12-13H2,1-2H3,(H,26,31). The van der Waals surface area contributed by atoms with Crippen LogP contribution in [0.25, 0.3) is 5.69 Å². The summed E-state index contributed by atoms with van der Waals surface area (Å²) >= 11 is 6.10. The number of aryl methyl sites for hydroxylation is 1. The zero-order chi connectivity index (χ0) is 22.8. The fourth-order valence-corrected chi connectivity index (χ4v) is 4.15. The van der Waals surface area contributed by atoms with Gasteiger partial charge in [0.25, 0.3) is 17.6 Å². The van der Waals surface area contributed by atoms with Crippen LogP contribution in [-0.4, -0.2) is 45.4 Å². The van der Waals surface area contributed by atoms with Gasteiger partial charge in [0.05, 0.1) is 33.9 Å². The van der Waals surface area contributed by atoms with Gasteiger partial charge >= 0.3 is 0 Å². The Hall–Kier alpha value is -3.45. The van der Waals surface area contributed by atoms with Crippen LogP contribution >= 0.6 is 11.6 Å². The third-order valence-electron chi connectivity index (χ3n) is 5.58. The van der Waals surface area contributed by atoms with Gasteiger partial charge in [-0.15, -0.1) is 0 Å². The molecule has 2 aromatic carbocycles. The molecule has 164 valence electrons. The number of hydrogen-bond donors (Lipinski definition) is 1. The third kappa shape index (κ3) is 4.16. The molecule has 32 heavy (non-hydrogen) atoms.